The maximum absolute atomic E-state index is 12.8. The standard InChI is InChI=1S/C13H11F7O2/c1-2-9(10(21)7-3-5-8(14)6-4-7)11(22,12(15,16)17)13(18,19)20/h3-6,9,22H,2H2,1H3. The Labute approximate surface area is 120 Å². The maximum atomic E-state index is 12.8. The van der Waals surface area contributed by atoms with E-state index in [1.54, 1.807) is 0 Å². The molecule has 124 valence electrons. The molecule has 1 N–H and O–H groups in total. The monoisotopic (exact) mass is 332 g/mol. The minimum absolute atomic E-state index is 0.555. The Hall–Kier alpha value is -1.64. The molecule has 1 aromatic rings. The normalized spacial score (nSPS) is 14.8. The van der Waals surface area contributed by atoms with Crippen molar-refractivity contribution in [2.75, 3.05) is 0 Å². The lowest BCUT2D eigenvalue weighted by molar-refractivity contribution is -0.379. The number of hydrogen-bond donors (Lipinski definition) is 1. The molecular formula is C13H11F7O2. The number of Topliss-reactive ketones (excluding diaryl/α,β-unsaturated/α-hetero) is 1. The molecule has 0 spiro atoms. The summed E-state index contributed by atoms with van der Waals surface area (Å²) in [4.78, 5) is 11.9. The average Bonchev–Trinajstić information content (AvgIpc) is 2.37. The number of halogens is 7. The smallest absolute Gasteiger partial charge is 0.373 e. The summed E-state index contributed by atoms with van der Waals surface area (Å²) in [5, 5.41) is 9.29. The molecule has 0 saturated carbocycles. The Balaban J connectivity index is 3.38. The van der Waals surface area contributed by atoms with Gasteiger partial charge < -0.3 is 5.11 Å². The number of hydrogen-bond acceptors (Lipinski definition) is 2. The summed E-state index contributed by atoms with van der Waals surface area (Å²) in [6.07, 6.45) is -13.1. The number of aliphatic hydroxyl groups is 1. The van der Waals surface area contributed by atoms with Gasteiger partial charge in [0.25, 0.3) is 5.60 Å². The molecule has 0 radical (unpaired) electrons. The van der Waals surface area contributed by atoms with E-state index in [0.717, 1.165) is 31.2 Å². The van der Waals surface area contributed by atoms with Crippen molar-refractivity contribution in [3.8, 4) is 0 Å². The number of carbonyl (C=O) groups excluding carboxylic acids is 1. The molecule has 0 heterocycles. The van der Waals surface area contributed by atoms with Gasteiger partial charge in [0.2, 0.25) is 0 Å². The molecule has 0 amide bonds. The van der Waals surface area contributed by atoms with Crippen molar-refractivity contribution in [3.05, 3.63) is 35.6 Å². The first-order valence-corrected chi connectivity index (χ1v) is 6.01. The maximum Gasteiger partial charge on any atom is 0.427 e. The lowest BCUT2D eigenvalue weighted by atomic mass is 9.79. The number of rotatable bonds is 4. The fourth-order valence-corrected chi connectivity index (χ4v) is 2.04. The molecule has 0 aromatic heterocycles. The third-order valence-corrected chi connectivity index (χ3v) is 3.22. The van der Waals surface area contributed by atoms with Gasteiger partial charge in [-0.2, -0.15) is 26.3 Å². The van der Waals surface area contributed by atoms with Crippen molar-refractivity contribution in [1.29, 1.82) is 0 Å². The van der Waals surface area contributed by atoms with E-state index >= 15 is 0 Å². The predicted octanol–water partition coefficient (Wildman–Crippen LogP) is 3.89. The molecule has 0 aliphatic heterocycles. The fraction of sp³-hybridized carbons (Fsp3) is 0.462. The lowest BCUT2D eigenvalue weighted by Gasteiger charge is -2.37. The van der Waals surface area contributed by atoms with Gasteiger partial charge in [0.05, 0.1) is 5.92 Å². The minimum Gasteiger partial charge on any atom is -0.373 e. The zero-order valence-electron chi connectivity index (χ0n) is 11.1. The Morgan fingerprint density at radius 2 is 1.45 bits per heavy atom. The summed E-state index contributed by atoms with van der Waals surface area (Å²) >= 11 is 0. The summed E-state index contributed by atoms with van der Waals surface area (Å²) in [6, 6.07) is 2.96. The van der Waals surface area contributed by atoms with Crippen LogP contribution in [-0.4, -0.2) is 28.8 Å². The van der Waals surface area contributed by atoms with Crippen LogP contribution < -0.4 is 0 Å². The van der Waals surface area contributed by atoms with Gasteiger partial charge in [0.1, 0.15) is 5.82 Å². The first kappa shape index (κ1) is 18.4. The van der Waals surface area contributed by atoms with Gasteiger partial charge in [-0.15, -0.1) is 0 Å². The predicted molar refractivity (Wildman–Crippen MR) is 61.6 cm³/mol. The molecule has 0 aliphatic rings. The van der Waals surface area contributed by atoms with Crippen molar-refractivity contribution in [3.63, 3.8) is 0 Å². The van der Waals surface area contributed by atoms with E-state index in [-0.39, 0.29) is 0 Å². The number of ketones is 1. The SMILES string of the molecule is CCC(C(=O)c1ccc(F)cc1)C(O)(C(F)(F)F)C(F)(F)F. The first-order valence-electron chi connectivity index (χ1n) is 6.01. The number of carbonyl (C=O) groups is 1. The van der Waals surface area contributed by atoms with Gasteiger partial charge in [-0.05, 0) is 30.7 Å². The van der Waals surface area contributed by atoms with Crippen LogP contribution in [0, 0.1) is 11.7 Å². The third kappa shape index (κ3) is 3.08. The van der Waals surface area contributed by atoms with Crippen LogP contribution in [-0.2, 0) is 0 Å². The van der Waals surface area contributed by atoms with E-state index in [9.17, 15) is 40.6 Å². The highest BCUT2D eigenvalue weighted by Crippen LogP contribution is 2.49. The van der Waals surface area contributed by atoms with Gasteiger partial charge in [0, 0.05) is 5.56 Å². The highest BCUT2D eigenvalue weighted by atomic mass is 19.4. The highest BCUT2D eigenvalue weighted by molar-refractivity contribution is 5.98. The van der Waals surface area contributed by atoms with Crippen LogP contribution in [0.2, 0.25) is 0 Å². The van der Waals surface area contributed by atoms with Crippen LogP contribution in [0.4, 0.5) is 30.7 Å². The second-order valence-electron chi connectivity index (χ2n) is 4.59. The van der Waals surface area contributed by atoms with Crippen molar-refractivity contribution in [2.45, 2.75) is 31.3 Å². The van der Waals surface area contributed by atoms with Gasteiger partial charge in [-0.1, -0.05) is 6.92 Å². The Bertz CT molecular complexity index is 517. The summed E-state index contributed by atoms with van der Waals surface area (Å²) in [7, 11) is 0. The van der Waals surface area contributed by atoms with Crippen LogP contribution in [0.5, 0.6) is 0 Å². The minimum atomic E-state index is -6.10. The van der Waals surface area contributed by atoms with Crippen LogP contribution in [0.15, 0.2) is 24.3 Å². The molecule has 0 aliphatic carbocycles. The highest BCUT2D eigenvalue weighted by Gasteiger charge is 2.74. The van der Waals surface area contributed by atoms with Gasteiger partial charge in [-0.25, -0.2) is 4.39 Å². The molecule has 0 fully saturated rings. The molecular weight excluding hydrogens is 321 g/mol. The van der Waals surface area contributed by atoms with Crippen LogP contribution in [0.25, 0.3) is 0 Å². The molecule has 1 unspecified atom stereocenters. The van der Waals surface area contributed by atoms with Crippen LogP contribution in [0.1, 0.15) is 23.7 Å². The van der Waals surface area contributed by atoms with E-state index < -0.39 is 47.5 Å². The fourth-order valence-electron chi connectivity index (χ4n) is 2.04. The first-order chi connectivity index (χ1) is 9.86. The van der Waals surface area contributed by atoms with E-state index in [0.29, 0.717) is 0 Å². The van der Waals surface area contributed by atoms with Gasteiger partial charge in [-0.3, -0.25) is 4.79 Å². The molecule has 9 heteroatoms. The molecule has 2 nitrogen and oxygen atoms in total. The number of benzene rings is 1. The van der Waals surface area contributed by atoms with Crippen molar-refractivity contribution < 1.29 is 40.6 Å². The topological polar surface area (TPSA) is 37.3 Å². The Kier molecular flexibility index (Phi) is 4.91. The summed E-state index contributed by atoms with van der Waals surface area (Å²) < 4.78 is 89.5. The summed E-state index contributed by atoms with van der Waals surface area (Å²) in [6.45, 7) is 0.911. The quantitative estimate of drug-likeness (QED) is 0.671. The molecule has 0 bridgehead atoms. The second-order valence-corrected chi connectivity index (χ2v) is 4.59. The average molecular weight is 332 g/mol. The molecule has 0 saturated heterocycles. The second kappa shape index (κ2) is 5.86. The molecule has 1 atom stereocenters. The van der Waals surface area contributed by atoms with E-state index in [4.69, 9.17) is 0 Å². The van der Waals surface area contributed by atoms with Crippen LogP contribution in [0.3, 0.4) is 0 Å². The van der Waals surface area contributed by atoms with Crippen LogP contribution >= 0.6 is 0 Å². The zero-order valence-corrected chi connectivity index (χ0v) is 11.1. The van der Waals surface area contributed by atoms with Gasteiger partial charge >= 0.3 is 12.4 Å². The Morgan fingerprint density at radius 3 is 1.77 bits per heavy atom. The number of alkyl halides is 6. The molecule has 1 aromatic carbocycles. The van der Waals surface area contributed by atoms with E-state index in [2.05, 4.69) is 0 Å². The molecule has 22 heavy (non-hydrogen) atoms. The zero-order chi connectivity index (χ0) is 17.3. The van der Waals surface area contributed by atoms with Crippen molar-refractivity contribution >= 4 is 5.78 Å². The van der Waals surface area contributed by atoms with E-state index in [1.165, 1.54) is 0 Å². The Morgan fingerprint density at radius 1 is 1.05 bits per heavy atom. The van der Waals surface area contributed by atoms with Crippen molar-refractivity contribution in [2.24, 2.45) is 5.92 Å². The van der Waals surface area contributed by atoms with Gasteiger partial charge in [0.15, 0.2) is 5.78 Å². The summed E-state index contributed by atoms with van der Waals surface area (Å²) in [5.41, 5.74) is -5.74. The molecule has 1 rings (SSSR count). The van der Waals surface area contributed by atoms with E-state index in [1.807, 2.05) is 0 Å². The van der Waals surface area contributed by atoms with Crippen molar-refractivity contribution in [1.82, 2.24) is 0 Å². The summed E-state index contributed by atoms with van der Waals surface area (Å²) in [5.74, 6) is -5.18. The lowest BCUT2D eigenvalue weighted by Crippen LogP contribution is -2.63. The third-order valence-electron chi connectivity index (χ3n) is 3.22. The largest absolute Gasteiger partial charge is 0.427 e.